The Bertz CT molecular complexity index is 715. The highest BCUT2D eigenvalue weighted by molar-refractivity contribution is 7.16. The van der Waals surface area contributed by atoms with Crippen LogP contribution in [0, 0.1) is 0 Å². The van der Waals surface area contributed by atoms with Crippen molar-refractivity contribution >= 4 is 39.2 Å². The zero-order valence-corrected chi connectivity index (χ0v) is 12.2. The molecule has 3 N–H and O–H groups in total. The average molecular weight is 306 g/mol. The number of carbonyl (C=O) groups is 2. The second-order valence-electron chi connectivity index (χ2n) is 4.73. The van der Waals surface area contributed by atoms with Gasteiger partial charge in [-0.1, -0.05) is 0 Å². The monoisotopic (exact) mass is 306 g/mol. The molecule has 1 saturated heterocycles. The van der Waals surface area contributed by atoms with Crippen molar-refractivity contribution in [2.45, 2.75) is 6.54 Å². The molecule has 1 aliphatic rings. The van der Waals surface area contributed by atoms with E-state index >= 15 is 0 Å². The molecule has 0 spiro atoms. The quantitative estimate of drug-likeness (QED) is 0.461. The van der Waals surface area contributed by atoms with E-state index in [1.54, 1.807) is 7.05 Å². The maximum Gasteiger partial charge on any atom is 0.312 e. The SMILES string of the molecule is CN1CCN(Cc2nc(NN)c3ccsc3n2)C(=O)C1=O. The molecule has 8 nitrogen and oxygen atoms in total. The van der Waals surface area contributed by atoms with Crippen molar-refractivity contribution in [1.29, 1.82) is 0 Å². The normalized spacial score (nSPS) is 15.9. The van der Waals surface area contributed by atoms with Crippen molar-refractivity contribution in [3.05, 3.63) is 17.3 Å². The van der Waals surface area contributed by atoms with E-state index in [4.69, 9.17) is 5.84 Å². The zero-order chi connectivity index (χ0) is 15.0. The second kappa shape index (κ2) is 5.26. The predicted octanol–water partition coefficient (Wildman–Crippen LogP) is -0.222. The average Bonchev–Trinajstić information content (AvgIpc) is 2.95. The van der Waals surface area contributed by atoms with Gasteiger partial charge in [-0.15, -0.1) is 11.3 Å². The summed E-state index contributed by atoms with van der Waals surface area (Å²) in [6.45, 7) is 1.17. The fraction of sp³-hybridized carbons (Fsp3) is 0.333. The molecule has 0 saturated carbocycles. The van der Waals surface area contributed by atoms with Crippen LogP contribution in [0.4, 0.5) is 5.82 Å². The van der Waals surface area contributed by atoms with Crippen LogP contribution in [0.1, 0.15) is 5.82 Å². The van der Waals surface area contributed by atoms with Gasteiger partial charge in [0.05, 0.1) is 11.9 Å². The Kier molecular flexibility index (Phi) is 3.43. The Morgan fingerprint density at radius 3 is 2.90 bits per heavy atom. The second-order valence-corrected chi connectivity index (χ2v) is 5.62. The van der Waals surface area contributed by atoms with E-state index in [1.165, 1.54) is 21.1 Å². The van der Waals surface area contributed by atoms with Crippen LogP contribution in [0.25, 0.3) is 10.2 Å². The van der Waals surface area contributed by atoms with E-state index in [9.17, 15) is 9.59 Å². The number of carbonyl (C=O) groups excluding carboxylic acids is 2. The third-order valence-corrected chi connectivity index (χ3v) is 4.17. The van der Waals surface area contributed by atoms with Gasteiger partial charge >= 0.3 is 11.8 Å². The minimum atomic E-state index is -0.527. The van der Waals surface area contributed by atoms with E-state index in [-0.39, 0.29) is 6.54 Å². The first kappa shape index (κ1) is 13.7. The van der Waals surface area contributed by atoms with Gasteiger partial charge in [-0.05, 0) is 11.4 Å². The van der Waals surface area contributed by atoms with Crippen LogP contribution in [0.15, 0.2) is 11.4 Å². The van der Waals surface area contributed by atoms with Crippen LogP contribution in [0.2, 0.25) is 0 Å². The minimum Gasteiger partial charge on any atom is -0.336 e. The summed E-state index contributed by atoms with van der Waals surface area (Å²) in [6.07, 6.45) is 0. The van der Waals surface area contributed by atoms with Gasteiger partial charge in [0.15, 0.2) is 11.6 Å². The molecule has 0 bridgehead atoms. The van der Waals surface area contributed by atoms with Crippen molar-refractivity contribution in [1.82, 2.24) is 19.8 Å². The van der Waals surface area contributed by atoms with Crippen molar-refractivity contribution in [2.24, 2.45) is 5.84 Å². The molecule has 1 fully saturated rings. The highest BCUT2D eigenvalue weighted by Gasteiger charge is 2.30. The van der Waals surface area contributed by atoms with E-state index in [0.29, 0.717) is 24.7 Å². The largest absolute Gasteiger partial charge is 0.336 e. The number of thiophene rings is 1. The molecule has 0 aliphatic carbocycles. The number of fused-ring (bicyclic) bond motifs is 1. The lowest BCUT2D eigenvalue weighted by Crippen LogP contribution is -2.52. The molecule has 110 valence electrons. The Morgan fingerprint density at radius 2 is 2.14 bits per heavy atom. The number of nitrogens with two attached hydrogens (primary N) is 1. The summed E-state index contributed by atoms with van der Waals surface area (Å²) in [5.41, 5.74) is 2.54. The van der Waals surface area contributed by atoms with Gasteiger partial charge in [-0.3, -0.25) is 9.59 Å². The van der Waals surface area contributed by atoms with Crippen molar-refractivity contribution < 1.29 is 9.59 Å². The number of rotatable bonds is 3. The van der Waals surface area contributed by atoms with Gasteiger partial charge in [-0.25, -0.2) is 15.8 Å². The fourth-order valence-corrected chi connectivity index (χ4v) is 2.96. The van der Waals surface area contributed by atoms with Gasteiger partial charge in [0.2, 0.25) is 0 Å². The van der Waals surface area contributed by atoms with Crippen molar-refractivity contribution in [3.8, 4) is 0 Å². The molecule has 2 amide bonds. The summed E-state index contributed by atoms with van der Waals surface area (Å²) >= 11 is 1.47. The number of piperazine rings is 1. The number of anilines is 1. The maximum absolute atomic E-state index is 11.9. The van der Waals surface area contributed by atoms with Gasteiger partial charge < -0.3 is 15.2 Å². The summed E-state index contributed by atoms with van der Waals surface area (Å²) < 4.78 is 0. The third kappa shape index (κ3) is 2.41. The lowest BCUT2D eigenvalue weighted by Gasteiger charge is -2.30. The maximum atomic E-state index is 11.9. The number of nitrogens with zero attached hydrogens (tertiary/aromatic N) is 4. The molecule has 2 aromatic rings. The molecular weight excluding hydrogens is 292 g/mol. The summed E-state index contributed by atoms with van der Waals surface area (Å²) in [5, 5.41) is 2.74. The van der Waals surface area contributed by atoms with Gasteiger partial charge in [0.1, 0.15) is 4.83 Å². The number of likely N-dealkylation sites (N-methyl/N-ethyl adjacent to an activating group) is 1. The van der Waals surface area contributed by atoms with Crippen LogP contribution in [0.5, 0.6) is 0 Å². The van der Waals surface area contributed by atoms with Gasteiger partial charge in [0.25, 0.3) is 0 Å². The number of aromatic nitrogens is 2. The Hall–Kier alpha value is -2.26. The molecule has 9 heteroatoms. The zero-order valence-electron chi connectivity index (χ0n) is 11.4. The van der Waals surface area contributed by atoms with Gasteiger partial charge in [-0.2, -0.15) is 0 Å². The smallest absolute Gasteiger partial charge is 0.312 e. The van der Waals surface area contributed by atoms with Crippen LogP contribution in [-0.2, 0) is 16.1 Å². The number of nitrogen functional groups attached to an aromatic ring is 1. The van der Waals surface area contributed by atoms with E-state index in [0.717, 1.165) is 10.2 Å². The van der Waals surface area contributed by atoms with Crippen LogP contribution in [-0.4, -0.2) is 51.7 Å². The van der Waals surface area contributed by atoms with Gasteiger partial charge in [0, 0.05) is 20.1 Å². The number of hydrogen-bond donors (Lipinski definition) is 2. The summed E-state index contributed by atoms with van der Waals surface area (Å²) in [4.78, 5) is 36.0. The molecule has 0 atom stereocenters. The molecule has 0 unspecified atom stereocenters. The highest BCUT2D eigenvalue weighted by atomic mass is 32.1. The highest BCUT2D eigenvalue weighted by Crippen LogP contribution is 2.24. The number of hydrogen-bond acceptors (Lipinski definition) is 7. The molecule has 3 rings (SSSR count). The molecule has 0 radical (unpaired) electrons. The Labute approximate surface area is 124 Å². The molecule has 2 aromatic heterocycles. The molecule has 0 aromatic carbocycles. The summed E-state index contributed by atoms with van der Waals surface area (Å²) in [6, 6.07) is 1.88. The van der Waals surface area contributed by atoms with Crippen molar-refractivity contribution in [2.75, 3.05) is 25.6 Å². The van der Waals surface area contributed by atoms with E-state index in [2.05, 4.69) is 15.4 Å². The first-order chi connectivity index (χ1) is 10.1. The topological polar surface area (TPSA) is 104 Å². The molecular formula is C12H14N6O2S. The molecule has 21 heavy (non-hydrogen) atoms. The summed E-state index contributed by atoms with van der Waals surface area (Å²) in [7, 11) is 1.61. The minimum absolute atomic E-state index is 0.195. The first-order valence-electron chi connectivity index (χ1n) is 6.35. The third-order valence-electron chi connectivity index (χ3n) is 3.36. The van der Waals surface area contributed by atoms with Crippen LogP contribution < -0.4 is 11.3 Å². The molecule has 3 heterocycles. The lowest BCUT2D eigenvalue weighted by atomic mass is 10.3. The lowest BCUT2D eigenvalue weighted by molar-refractivity contribution is -0.155. The standard InChI is InChI=1S/C12H14N6O2S/c1-17-3-4-18(12(20)11(17)19)6-8-14-9(16-13)7-2-5-21-10(7)15-8/h2,5H,3-4,6,13H2,1H3,(H,14,15,16). The van der Waals surface area contributed by atoms with Crippen LogP contribution >= 0.6 is 11.3 Å². The molecule has 1 aliphatic heterocycles. The summed E-state index contributed by atoms with van der Waals surface area (Å²) in [5.74, 6) is 5.42. The predicted molar refractivity (Wildman–Crippen MR) is 78.3 cm³/mol. The first-order valence-corrected chi connectivity index (χ1v) is 7.23. The Morgan fingerprint density at radius 1 is 1.33 bits per heavy atom. The van der Waals surface area contributed by atoms with E-state index < -0.39 is 11.8 Å². The fourth-order valence-electron chi connectivity index (χ4n) is 2.17. The number of hydrazine groups is 1. The number of nitrogens with one attached hydrogen (secondary N) is 1. The number of amides is 2. The van der Waals surface area contributed by atoms with Crippen LogP contribution in [0.3, 0.4) is 0 Å². The van der Waals surface area contributed by atoms with E-state index in [1.807, 2.05) is 11.4 Å². The van der Waals surface area contributed by atoms with Crippen molar-refractivity contribution in [3.63, 3.8) is 0 Å². The Balaban J connectivity index is 1.88.